The minimum Gasteiger partial charge on any atom is -0.476 e. The van der Waals surface area contributed by atoms with Crippen LogP contribution in [-0.4, -0.2) is 29.2 Å². The molecule has 2 aromatic carbocycles. The van der Waals surface area contributed by atoms with Gasteiger partial charge in [0.25, 0.3) is 0 Å². The van der Waals surface area contributed by atoms with Crippen LogP contribution in [0.5, 0.6) is 5.75 Å². The summed E-state index contributed by atoms with van der Waals surface area (Å²) in [6.45, 7) is 7.65. The van der Waals surface area contributed by atoms with Crippen LogP contribution in [0.3, 0.4) is 0 Å². The average Bonchev–Trinajstić information content (AvgIpc) is 2.70. The first kappa shape index (κ1) is 26.5. The van der Waals surface area contributed by atoms with Crippen molar-refractivity contribution in [3.8, 4) is 5.75 Å². The van der Waals surface area contributed by atoms with Crippen LogP contribution in [0.15, 0.2) is 53.4 Å². The molecule has 2 rings (SSSR count). The van der Waals surface area contributed by atoms with E-state index in [0.29, 0.717) is 5.56 Å². The molecular weight excluding hydrogens is 453 g/mol. The minimum atomic E-state index is -4.74. The number of hydrogen-bond donors (Lipinski definition) is 0. The van der Waals surface area contributed by atoms with E-state index < -0.39 is 34.7 Å². The van der Waals surface area contributed by atoms with Crippen LogP contribution in [-0.2, 0) is 15.7 Å². The number of ether oxygens (including phenoxy) is 2. The third-order valence-electron chi connectivity index (χ3n) is 4.37. The molecule has 0 aliphatic rings. The van der Waals surface area contributed by atoms with Gasteiger partial charge in [0, 0.05) is 10.5 Å². The van der Waals surface area contributed by atoms with Crippen molar-refractivity contribution in [3.63, 3.8) is 0 Å². The lowest BCUT2D eigenvalue weighted by Crippen LogP contribution is -2.43. The predicted octanol–water partition coefficient (Wildman–Crippen LogP) is 6.82. The zero-order valence-electron chi connectivity index (χ0n) is 19.4. The number of esters is 1. The molecule has 2 aromatic rings. The lowest BCUT2D eigenvalue weighted by molar-refractivity contribution is -0.172. The molecule has 33 heavy (non-hydrogen) atoms. The Labute approximate surface area is 196 Å². The normalized spacial score (nSPS) is 12.6. The summed E-state index contributed by atoms with van der Waals surface area (Å²) in [4.78, 5) is 25.7. The molecule has 0 amide bonds. The second-order valence-electron chi connectivity index (χ2n) is 8.79. The summed E-state index contributed by atoms with van der Waals surface area (Å²) in [5.74, 6) is -1.62. The zero-order valence-corrected chi connectivity index (χ0v) is 20.2. The number of alkyl halides is 3. The van der Waals surface area contributed by atoms with Gasteiger partial charge < -0.3 is 9.47 Å². The number of rotatable bonds is 7. The van der Waals surface area contributed by atoms with Gasteiger partial charge in [-0.1, -0.05) is 12.1 Å². The monoisotopic (exact) mass is 480 g/mol. The number of carbonyl (C=O) groups excluding carboxylic acids is 2. The van der Waals surface area contributed by atoms with E-state index in [1.807, 2.05) is 6.26 Å². The lowest BCUT2D eigenvalue weighted by atomic mass is 10.1. The van der Waals surface area contributed by atoms with Gasteiger partial charge in [-0.2, -0.15) is 13.2 Å². The largest absolute Gasteiger partial charge is 0.476 e. The Morgan fingerprint density at radius 2 is 1.55 bits per heavy atom. The van der Waals surface area contributed by atoms with Crippen LogP contribution in [0.1, 0.15) is 56.1 Å². The summed E-state index contributed by atoms with van der Waals surface area (Å²) in [7, 11) is 0. The van der Waals surface area contributed by atoms with Gasteiger partial charge in [-0.05, 0) is 88.9 Å². The minimum absolute atomic E-state index is 0.166. The molecular formula is C25H27F3O4S. The van der Waals surface area contributed by atoms with Crippen LogP contribution in [0, 0.1) is 0 Å². The fourth-order valence-electron chi connectivity index (χ4n) is 2.70. The molecule has 0 unspecified atom stereocenters. The number of benzene rings is 2. The SMILES string of the molecule is CSc1ccc(C(=O)/C=C/c2ccc(OC(C)(C)C(=O)OC(C)(C)C)c(C(F)(F)F)c2)cc1. The van der Waals surface area contributed by atoms with Gasteiger partial charge in [-0.15, -0.1) is 11.8 Å². The van der Waals surface area contributed by atoms with E-state index in [9.17, 15) is 22.8 Å². The Morgan fingerprint density at radius 1 is 0.939 bits per heavy atom. The van der Waals surface area contributed by atoms with E-state index >= 15 is 0 Å². The summed E-state index contributed by atoms with van der Waals surface area (Å²) in [6.07, 6.45) is -0.296. The van der Waals surface area contributed by atoms with Gasteiger partial charge in [-0.25, -0.2) is 4.79 Å². The van der Waals surface area contributed by atoms with Gasteiger partial charge in [0.05, 0.1) is 5.56 Å². The van der Waals surface area contributed by atoms with E-state index in [1.165, 1.54) is 43.8 Å². The highest BCUT2D eigenvalue weighted by Gasteiger charge is 2.39. The number of hydrogen-bond acceptors (Lipinski definition) is 5. The van der Waals surface area contributed by atoms with Crippen LogP contribution >= 0.6 is 11.8 Å². The number of allylic oxidation sites excluding steroid dienone is 1. The molecule has 0 aliphatic carbocycles. The Kier molecular flexibility index (Phi) is 8.06. The van der Waals surface area contributed by atoms with Gasteiger partial charge in [0.1, 0.15) is 11.4 Å². The molecule has 0 fully saturated rings. The van der Waals surface area contributed by atoms with Crippen molar-refractivity contribution in [1.29, 1.82) is 0 Å². The zero-order chi connectivity index (χ0) is 25.0. The highest BCUT2D eigenvalue weighted by atomic mass is 32.2. The van der Waals surface area contributed by atoms with Gasteiger partial charge in [0.15, 0.2) is 11.4 Å². The number of carbonyl (C=O) groups is 2. The fourth-order valence-corrected chi connectivity index (χ4v) is 3.11. The molecule has 0 N–H and O–H groups in total. The summed E-state index contributed by atoms with van der Waals surface area (Å²) >= 11 is 1.54. The van der Waals surface area contributed by atoms with Gasteiger partial charge in [-0.3, -0.25) is 4.79 Å². The van der Waals surface area contributed by atoms with Crippen molar-refractivity contribution in [2.45, 2.75) is 56.9 Å². The molecule has 0 bridgehead atoms. The molecule has 0 spiro atoms. The predicted molar refractivity (Wildman–Crippen MR) is 124 cm³/mol. The Bertz CT molecular complexity index is 1030. The number of halogens is 3. The average molecular weight is 481 g/mol. The highest BCUT2D eigenvalue weighted by Crippen LogP contribution is 2.38. The van der Waals surface area contributed by atoms with Crippen molar-refractivity contribution < 1.29 is 32.2 Å². The van der Waals surface area contributed by atoms with E-state index in [0.717, 1.165) is 17.0 Å². The van der Waals surface area contributed by atoms with Crippen molar-refractivity contribution in [1.82, 2.24) is 0 Å². The first-order valence-electron chi connectivity index (χ1n) is 10.1. The third kappa shape index (κ3) is 7.67. The number of thioether (sulfide) groups is 1. The number of ketones is 1. The molecule has 0 atom stereocenters. The van der Waals surface area contributed by atoms with E-state index in [2.05, 4.69) is 0 Å². The van der Waals surface area contributed by atoms with Crippen molar-refractivity contribution >= 4 is 29.6 Å². The standard InChI is InChI=1S/C25H27F3O4S/c1-23(2,3)32-22(30)24(4,5)31-21-14-8-16(15-19(21)25(26,27)28)7-13-20(29)17-9-11-18(33-6)12-10-17/h7-15H,1-6H3/b13-7+. The summed E-state index contributed by atoms with van der Waals surface area (Å²) < 4.78 is 51.9. The van der Waals surface area contributed by atoms with Crippen LogP contribution in [0.2, 0.25) is 0 Å². The first-order chi connectivity index (χ1) is 15.1. The molecule has 178 valence electrons. The molecule has 0 saturated carbocycles. The maximum absolute atomic E-state index is 13.7. The first-order valence-corrected chi connectivity index (χ1v) is 11.3. The van der Waals surface area contributed by atoms with Gasteiger partial charge in [0.2, 0.25) is 0 Å². The smallest absolute Gasteiger partial charge is 0.419 e. The molecule has 0 radical (unpaired) electrons. The van der Waals surface area contributed by atoms with E-state index in [1.54, 1.807) is 45.0 Å². The van der Waals surface area contributed by atoms with E-state index in [4.69, 9.17) is 9.47 Å². The second kappa shape index (κ2) is 10.0. The maximum atomic E-state index is 13.7. The highest BCUT2D eigenvalue weighted by molar-refractivity contribution is 7.98. The lowest BCUT2D eigenvalue weighted by Gasteiger charge is -2.30. The maximum Gasteiger partial charge on any atom is 0.419 e. The Balaban J connectivity index is 2.29. The Morgan fingerprint density at radius 3 is 2.06 bits per heavy atom. The molecule has 8 heteroatoms. The summed E-state index contributed by atoms with van der Waals surface area (Å²) in [6, 6.07) is 10.3. The van der Waals surface area contributed by atoms with Crippen LogP contribution in [0.25, 0.3) is 6.08 Å². The van der Waals surface area contributed by atoms with Crippen LogP contribution in [0.4, 0.5) is 13.2 Å². The topological polar surface area (TPSA) is 52.6 Å². The van der Waals surface area contributed by atoms with Crippen molar-refractivity contribution in [2.75, 3.05) is 6.26 Å². The summed E-state index contributed by atoms with van der Waals surface area (Å²) in [5, 5.41) is 0. The van der Waals surface area contributed by atoms with E-state index in [-0.39, 0.29) is 11.3 Å². The molecule has 0 saturated heterocycles. The molecule has 0 aliphatic heterocycles. The van der Waals surface area contributed by atoms with Crippen LogP contribution < -0.4 is 4.74 Å². The fraction of sp³-hybridized carbons (Fsp3) is 0.360. The Hall–Kier alpha value is -2.74. The molecule has 4 nitrogen and oxygen atoms in total. The van der Waals surface area contributed by atoms with Crippen molar-refractivity contribution in [3.05, 3.63) is 65.2 Å². The molecule has 0 heterocycles. The second-order valence-corrected chi connectivity index (χ2v) is 9.67. The molecule has 0 aromatic heterocycles. The third-order valence-corrected chi connectivity index (χ3v) is 5.11. The van der Waals surface area contributed by atoms with Crippen molar-refractivity contribution in [2.24, 2.45) is 0 Å². The quantitative estimate of drug-likeness (QED) is 0.188. The summed E-state index contributed by atoms with van der Waals surface area (Å²) in [5.41, 5.74) is -2.93. The van der Waals surface area contributed by atoms with Gasteiger partial charge >= 0.3 is 12.1 Å².